The van der Waals surface area contributed by atoms with E-state index < -0.39 is 0 Å². The minimum Gasteiger partial charge on any atom is -0.351 e. The summed E-state index contributed by atoms with van der Waals surface area (Å²) in [7, 11) is 0. The van der Waals surface area contributed by atoms with Crippen molar-refractivity contribution in [3.05, 3.63) is 15.8 Å². The summed E-state index contributed by atoms with van der Waals surface area (Å²) in [5.41, 5.74) is 6.29. The average molecular weight is 295 g/mol. The normalized spacial score (nSPS) is 16.4. The van der Waals surface area contributed by atoms with Crippen molar-refractivity contribution in [3.63, 3.8) is 0 Å². The van der Waals surface area contributed by atoms with Gasteiger partial charge < -0.3 is 10.6 Å². The van der Waals surface area contributed by atoms with Crippen molar-refractivity contribution in [2.45, 2.75) is 46.1 Å². The highest BCUT2D eigenvalue weighted by atomic mass is 16.6. The first-order chi connectivity index (χ1) is 10.1. The predicted molar refractivity (Wildman–Crippen MR) is 82.5 cm³/mol. The van der Waals surface area contributed by atoms with Crippen molar-refractivity contribution in [2.24, 2.45) is 11.7 Å². The van der Waals surface area contributed by atoms with Crippen molar-refractivity contribution in [1.82, 2.24) is 9.78 Å². The van der Waals surface area contributed by atoms with E-state index in [4.69, 9.17) is 5.73 Å². The first-order valence-electron chi connectivity index (χ1n) is 7.75. The van der Waals surface area contributed by atoms with E-state index in [-0.39, 0.29) is 10.6 Å². The van der Waals surface area contributed by atoms with E-state index in [9.17, 15) is 10.1 Å². The number of anilines is 1. The van der Waals surface area contributed by atoms with E-state index in [1.807, 2.05) is 0 Å². The molecule has 0 radical (unpaired) electrons. The molecule has 2 heterocycles. The third-order valence-electron chi connectivity index (χ3n) is 4.18. The molecule has 1 fully saturated rings. The third-order valence-corrected chi connectivity index (χ3v) is 4.18. The van der Waals surface area contributed by atoms with Crippen LogP contribution in [0.5, 0.6) is 0 Å². The van der Waals surface area contributed by atoms with Gasteiger partial charge in [0.25, 0.3) is 0 Å². The second kappa shape index (κ2) is 6.89. The first kappa shape index (κ1) is 15.8. The van der Waals surface area contributed by atoms with Crippen LogP contribution in [0.1, 0.15) is 38.3 Å². The van der Waals surface area contributed by atoms with Crippen molar-refractivity contribution in [1.29, 1.82) is 0 Å². The Bertz CT molecular complexity index is 492. The van der Waals surface area contributed by atoms with E-state index in [0.29, 0.717) is 24.0 Å². The Morgan fingerprint density at radius 1 is 1.43 bits per heavy atom. The van der Waals surface area contributed by atoms with Gasteiger partial charge in [0.05, 0.1) is 4.92 Å². The minimum absolute atomic E-state index is 0.167. The summed E-state index contributed by atoms with van der Waals surface area (Å²) >= 11 is 0. The summed E-state index contributed by atoms with van der Waals surface area (Å²) in [5, 5.41) is 15.7. The maximum absolute atomic E-state index is 11.4. The second-order valence-corrected chi connectivity index (χ2v) is 5.75. The Kier molecular flexibility index (Phi) is 5.17. The van der Waals surface area contributed by atoms with Crippen LogP contribution in [0.2, 0.25) is 0 Å². The molecule has 1 saturated heterocycles. The van der Waals surface area contributed by atoms with Crippen LogP contribution in [0.25, 0.3) is 0 Å². The molecule has 1 aliphatic heterocycles. The predicted octanol–water partition coefficient (Wildman–Crippen LogP) is 2.07. The van der Waals surface area contributed by atoms with E-state index in [1.165, 1.54) is 0 Å². The minimum atomic E-state index is -0.296. The highest BCUT2D eigenvalue weighted by molar-refractivity contribution is 5.61. The molecule has 0 bridgehead atoms. The molecule has 2 N–H and O–H groups in total. The number of nitrogens with zero attached hydrogens (tertiary/aromatic N) is 4. The lowest BCUT2D eigenvalue weighted by molar-refractivity contribution is -0.384. The zero-order chi connectivity index (χ0) is 15.4. The van der Waals surface area contributed by atoms with Crippen LogP contribution in [0.15, 0.2) is 0 Å². The van der Waals surface area contributed by atoms with Gasteiger partial charge in [-0.1, -0.05) is 6.92 Å². The number of aryl methyl sites for hydroxylation is 2. The Hall–Kier alpha value is -1.63. The number of rotatable bonds is 6. The standard InChI is InChI=1S/C14H25N5O2/c1-3-8-18-14(13(19(20)21)11(2)16-18)17-9-5-12(4-7-15)6-10-17/h12H,3-10,15H2,1-2H3. The van der Waals surface area contributed by atoms with Gasteiger partial charge in [0.1, 0.15) is 5.69 Å². The molecule has 7 heteroatoms. The lowest BCUT2D eigenvalue weighted by Crippen LogP contribution is -2.36. The van der Waals surface area contributed by atoms with Crippen LogP contribution < -0.4 is 10.6 Å². The number of nitrogens with two attached hydrogens (primary N) is 1. The Morgan fingerprint density at radius 2 is 2.10 bits per heavy atom. The van der Waals surface area contributed by atoms with Crippen LogP contribution in [0.3, 0.4) is 0 Å². The molecule has 0 unspecified atom stereocenters. The Balaban J connectivity index is 2.24. The van der Waals surface area contributed by atoms with Crippen molar-refractivity contribution < 1.29 is 4.92 Å². The molecule has 0 atom stereocenters. The van der Waals surface area contributed by atoms with Gasteiger partial charge >= 0.3 is 5.69 Å². The number of nitro groups is 1. The number of hydrogen-bond acceptors (Lipinski definition) is 5. The van der Waals surface area contributed by atoms with Crippen LogP contribution in [0.4, 0.5) is 11.5 Å². The third kappa shape index (κ3) is 3.34. The van der Waals surface area contributed by atoms with Gasteiger partial charge in [0.2, 0.25) is 5.82 Å². The van der Waals surface area contributed by atoms with Gasteiger partial charge in [-0.3, -0.25) is 10.1 Å². The first-order valence-corrected chi connectivity index (χ1v) is 7.75. The number of hydrogen-bond donors (Lipinski definition) is 1. The Morgan fingerprint density at radius 3 is 2.62 bits per heavy atom. The molecule has 0 spiro atoms. The van der Waals surface area contributed by atoms with Crippen molar-refractivity contribution in [3.8, 4) is 0 Å². The molecule has 0 amide bonds. The molecule has 118 valence electrons. The molecule has 0 aliphatic carbocycles. The van der Waals surface area contributed by atoms with Gasteiger partial charge in [0, 0.05) is 19.6 Å². The summed E-state index contributed by atoms with van der Waals surface area (Å²) in [6, 6.07) is 0. The molecule has 21 heavy (non-hydrogen) atoms. The summed E-state index contributed by atoms with van der Waals surface area (Å²) in [6.45, 7) is 6.90. The summed E-state index contributed by atoms with van der Waals surface area (Å²) in [5.74, 6) is 1.33. The Labute approximate surface area is 125 Å². The zero-order valence-corrected chi connectivity index (χ0v) is 12.9. The van der Waals surface area contributed by atoms with Gasteiger partial charge in [-0.15, -0.1) is 0 Å². The lowest BCUT2D eigenvalue weighted by Gasteiger charge is -2.32. The molecule has 0 aromatic carbocycles. The van der Waals surface area contributed by atoms with Crippen molar-refractivity contribution in [2.75, 3.05) is 24.5 Å². The highest BCUT2D eigenvalue weighted by Crippen LogP contribution is 2.34. The fourth-order valence-corrected chi connectivity index (χ4v) is 3.12. The summed E-state index contributed by atoms with van der Waals surface area (Å²) in [6.07, 6.45) is 4.05. The van der Waals surface area contributed by atoms with E-state index in [1.54, 1.807) is 11.6 Å². The second-order valence-electron chi connectivity index (χ2n) is 5.75. The monoisotopic (exact) mass is 295 g/mol. The fourth-order valence-electron chi connectivity index (χ4n) is 3.12. The van der Waals surface area contributed by atoms with Gasteiger partial charge in [-0.25, -0.2) is 4.68 Å². The molecule has 1 aliphatic rings. The lowest BCUT2D eigenvalue weighted by atomic mass is 9.93. The molecule has 1 aromatic heterocycles. The van der Waals surface area contributed by atoms with Crippen LogP contribution in [-0.2, 0) is 6.54 Å². The van der Waals surface area contributed by atoms with Gasteiger partial charge in [-0.05, 0) is 45.1 Å². The number of piperidine rings is 1. The maximum Gasteiger partial charge on any atom is 0.333 e. The number of aromatic nitrogens is 2. The zero-order valence-electron chi connectivity index (χ0n) is 12.9. The largest absolute Gasteiger partial charge is 0.351 e. The molecule has 2 rings (SSSR count). The van der Waals surface area contributed by atoms with Crippen LogP contribution >= 0.6 is 0 Å². The molecular weight excluding hydrogens is 270 g/mol. The summed E-state index contributed by atoms with van der Waals surface area (Å²) in [4.78, 5) is 13.2. The van der Waals surface area contributed by atoms with Crippen LogP contribution in [0, 0.1) is 23.0 Å². The van der Waals surface area contributed by atoms with Crippen LogP contribution in [-0.4, -0.2) is 34.3 Å². The quantitative estimate of drug-likeness (QED) is 0.641. The molecular formula is C14H25N5O2. The SMILES string of the molecule is CCCn1nc(C)c([N+](=O)[O-])c1N1CCC(CCN)CC1. The molecule has 0 saturated carbocycles. The van der Waals surface area contributed by atoms with E-state index >= 15 is 0 Å². The fraction of sp³-hybridized carbons (Fsp3) is 0.786. The smallest absolute Gasteiger partial charge is 0.333 e. The molecule has 7 nitrogen and oxygen atoms in total. The van der Waals surface area contributed by atoms with Gasteiger partial charge in [-0.2, -0.15) is 5.10 Å². The molecule has 1 aromatic rings. The van der Waals surface area contributed by atoms with Crippen molar-refractivity contribution >= 4 is 11.5 Å². The highest BCUT2D eigenvalue weighted by Gasteiger charge is 2.31. The maximum atomic E-state index is 11.4. The van der Waals surface area contributed by atoms with E-state index in [0.717, 1.165) is 45.3 Å². The van der Waals surface area contributed by atoms with E-state index in [2.05, 4.69) is 16.9 Å². The average Bonchev–Trinajstić information content (AvgIpc) is 2.77. The topological polar surface area (TPSA) is 90.2 Å². The summed E-state index contributed by atoms with van der Waals surface area (Å²) < 4.78 is 1.80. The van der Waals surface area contributed by atoms with Gasteiger partial charge in [0.15, 0.2) is 0 Å².